The minimum absolute atomic E-state index is 0.0496. The largest absolute Gasteiger partial charge is 0.497 e. The lowest BCUT2D eigenvalue weighted by Gasteiger charge is -2.35. The van der Waals surface area contributed by atoms with Crippen molar-refractivity contribution in [1.29, 1.82) is 0 Å². The van der Waals surface area contributed by atoms with Gasteiger partial charge in [-0.2, -0.15) is 0 Å². The summed E-state index contributed by atoms with van der Waals surface area (Å²) in [5, 5.41) is 22.8. The van der Waals surface area contributed by atoms with Gasteiger partial charge in [-0.3, -0.25) is 33.6 Å². The van der Waals surface area contributed by atoms with Gasteiger partial charge in [-0.05, 0) is 94.4 Å². The SMILES string of the molecule is CNC(CC(C)C)C(=O)N[C@@H]1C(=O)N[C@H](CC(C)C)[C@@H](O)CC(=O)O[C@@H](C(C)C)C(=O)[C@H](C)C(=O)N[C@@H](CC(C)C)C(=O)N2CCCC2C(=O)N(C)[C@@H](Cc2ccc(OC)cc2)C(=O)O[C@@H]1C. The lowest BCUT2D eigenvalue weighted by atomic mass is 9.92. The fraction of sp³-hybridized carbons (Fsp3) is 0.714. The molecule has 2 aliphatic heterocycles. The number of amides is 5. The molecule has 0 aliphatic carbocycles. The molecule has 2 saturated heterocycles. The van der Waals surface area contributed by atoms with E-state index >= 15 is 0 Å². The third-order valence-electron chi connectivity index (χ3n) is 12.4. The molecule has 0 saturated carbocycles. The molecule has 18 heteroatoms. The number of benzene rings is 1. The second-order valence-corrected chi connectivity index (χ2v) is 19.8. The van der Waals surface area contributed by atoms with Crippen molar-refractivity contribution in [2.45, 2.75) is 169 Å². The van der Waals surface area contributed by atoms with Crippen LogP contribution in [0.25, 0.3) is 0 Å². The summed E-state index contributed by atoms with van der Waals surface area (Å²) in [6.07, 6.45) is -3.55. The van der Waals surface area contributed by atoms with Crippen molar-refractivity contribution in [3.05, 3.63) is 29.8 Å². The molecule has 18 nitrogen and oxygen atoms in total. The lowest BCUT2D eigenvalue weighted by Crippen LogP contribution is -2.60. The molecule has 0 bridgehead atoms. The Morgan fingerprint density at radius 3 is 2.04 bits per heavy atom. The van der Waals surface area contributed by atoms with E-state index in [1.807, 2.05) is 41.5 Å². The monoisotopic (exact) mass is 943 g/mol. The predicted octanol–water partition coefficient (Wildman–Crippen LogP) is 2.71. The Morgan fingerprint density at radius 1 is 0.866 bits per heavy atom. The zero-order chi connectivity index (χ0) is 50.4. The molecule has 2 fully saturated rings. The summed E-state index contributed by atoms with van der Waals surface area (Å²) in [7, 11) is 4.56. The maximum atomic E-state index is 14.7. The molecule has 1 aromatic rings. The van der Waals surface area contributed by atoms with Gasteiger partial charge >= 0.3 is 11.9 Å². The number of rotatable bonds is 13. The third-order valence-corrected chi connectivity index (χ3v) is 12.4. The molecule has 2 unspecified atom stereocenters. The second kappa shape index (κ2) is 25.9. The Bertz CT molecular complexity index is 1870. The summed E-state index contributed by atoms with van der Waals surface area (Å²) >= 11 is 0. The summed E-state index contributed by atoms with van der Waals surface area (Å²) in [4.78, 5) is 116. The van der Waals surface area contributed by atoms with E-state index in [4.69, 9.17) is 14.2 Å². The zero-order valence-electron chi connectivity index (χ0n) is 41.9. The van der Waals surface area contributed by atoms with Gasteiger partial charge in [-0.25, -0.2) is 4.79 Å². The van der Waals surface area contributed by atoms with Crippen LogP contribution in [0.15, 0.2) is 24.3 Å². The topological polar surface area (TPSA) is 239 Å². The fourth-order valence-electron chi connectivity index (χ4n) is 8.53. The molecule has 10 atom stereocenters. The van der Waals surface area contributed by atoms with Crippen LogP contribution in [-0.2, 0) is 54.3 Å². The van der Waals surface area contributed by atoms with Gasteiger partial charge in [-0.1, -0.05) is 67.5 Å². The maximum Gasteiger partial charge on any atom is 0.329 e. The van der Waals surface area contributed by atoms with Gasteiger partial charge < -0.3 is 50.4 Å². The molecule has 2 heterocycles. The molecule has 0 radical (unpaired) electrons. The first kappa shape index (κ1) is 56.2. The summed E-state index contributed by atoms with van der Waals surface area (Å²) < 4.78 is 17.1. The van der Waals surface area contributed by atoms with Gasteiger partial charge in [0.1, 0.15) is 36.0 Å². The van der Waals surface area contributed by atoms with E-state index < -0.39 is 120 Å². The van der Waals surface area contributed by atoms with Crippen LogP contribution in [0.3, 0.4) is 0 Å². The average Bonchev–Trinajstić information content (AvgIpc) is 3.76. The number of methoxy groups -OCH3 is 1. The molecule has 2 aliphatic rings. The van der Waals surface area contributed by atoms with E-state index in [9.17, 15) is 43.5 Å². The Morgan fingerprint density at radius 2 is 1.49 bits per heavy atom. The Balaban J connectivity index is 2.23. The number of nitrogens with zero attached hydrogens (tertiary/aromatic N) is 2. The number of hydrogen-bond acceptors (Lipinski definition) is 13. The Labute approximate surface area is 396 Å². The summed E-state index contributed by atoms with van der Waals surface area (Å²) in [6.45, 7) is 17.6. The van der Waals surface area contributed by atoms with Crippen LogP contribution in [-0.4, -0.2) is 144 Å². The van der Waals surface area contributed by atoms with Gasteiger partial charge in [0, 0.05) is 20.0 Å². The lowest BCUT2D eigenvalue weighted by molar-refractivity contribution is -0.163. The van der Waals surface area contributed by atoms with E-state index in [1.54, 1.807) is 45.2 Å². The van der Waals surface area contributed by atoms with Crippen molar-refractivity contribution in [1.82, 2.24) is 31.1 Å². The number of fused-ring (bicyclic) bond motifs is 1. The molecule has 376 valence electrons. The number of esters is 2. The van der Waals surface area contributed by atoms with Crippen LogP contribution in [0.2, 0.25) is 0 Å². The van der Waals surface area contributed by atoms with E-state index in [2.05, 4.69) is 21.3 Å². The number of ether oxygens (including phenoxy) is 3. The van der Waals surface area contributed by atoms with Crippen LogP contribution in [0, 0.1) is 29.6 Å². The number of aliphatic hydroxyl groups is 1. The van der Waals surface area contributed by atoms with Crippen molar-refractivity contribution in [3.8, 4) is 5.75 Å². The van der Waals surface area contributed by atoms with Crippen molar-refractivity contribution < 1.29 is 57.7 Å². The van der Waals surface area contributed by atoms with Crippen LogP contribution in [0.1, 0.15) is 113 Å². The maximum absolute atomic E-state index is 14.7. The van der Waals surface area contributed by atoms with Crippen molar-refractivity contribution >= 4 is 47.3 Å². The highest BCUT2D eigenvalue weighted by molar-refractivity contribution is 6.05. The number of hydrogen-bond donors (Lipinski definition) is 5. The number of carbonyl (C=O) groups is 8. The zero-order valence-corrected chi connectivity index (χ0v) is 41.9. The van der Waals surface area contributed by atoms with Crippen LogP contribution in [0.4, 0.5) is 0 Å². The van der Waals surface area contributed by atoms with Crippen molar-refractivity contribution in [3.63, 3.8) is 0 Å². The minimum Gasteiger partial charge on any atom is -0.497 e. The normalized spacial score (nSPS) is 27.4. The molecular weight excluding hydrogens is 865 g/mol. The van der Waals surface area contributed by atoms with E-state index in [0.29, 0.717) is 24.2 Å². The number of Topliss-reactive ketones (excluding diaryl/α,β-unsaturated/α-hetero) is 1. The van der Waals surface area contributed by atoms with Gasteiger partial charge in [0.15, 0.2) is 11.9 Å². The van der Waals surface area contributed by atoms with Crippen molar-refractivity contribution in [2.75, 3.05) is 27.7 Å². The first-order valence-electron chi connectivity index (χ1n) is 23.8. The van der Waals surface area contributed by atoms with Gasteiger partial charge in [-0.15, -0.1) is 0 Å². The highest BCUT2D eigenvalue weighted by Crippen LogP contribution is 2.26. The fourth-order valence-corrected chi connectivity index (χ4v) is 8.53. The number of ketones is 1. The second-order valence-electron chi connectivity index (χ2n) is 19.8. The summed E-state index contributed by atoms with van der Waals surface area (Å²) in [5.74, 6) is -7.39. The van der Waals surface area contributed by atoms with Crippen LogP contribution in [0.5, 0.6) is 5.75 Å². The average molecular weight is 943 g/mol. The predicted molar refractivity (Wildman–Crippen MR) is 250 cm³/mol. The highest BCUT2D eigenvalue weighted by Gasteiger charge is 2.44. The Hall–Kier alpha value is -5.10. The standard InChI is InChI=1S/C49H78N6O12/c1-26(2)21-34-39(56)25-40(57)67-43(29(7)8)42(58)30(9)44(59)52-36(23-28(5)6)47(62)55-20-14-15-37(55)48(63)54(12)38(24-32-16-18-33(65-13)19-17-32)49(64)66-31(10)41(46(61)51-34)53-45(60)35(50-11)22-27(3)4/h16-19,26-31,34-39,41,43,50,56H,14-15,20-25H2,1-13H3,(H,51,61)(H,52,59)(H,53,60)/t30-,31+,34+,35?,36-,37?,38-,39-,41-,43-/m0/s1. The number of carbonyl (C=O) groups excluding carboxylic acids is 8. The number of likely N-dealkylation sites (N-methyl/N-ethyl adjacent to an activating group) is 2. The first-order valence-corrected chi connectivity index (χ1v) is 23.8. The summed E-state index contributed by atoms with van der Waals surface area (Å²) in [5.41, 5.74) is 0.632. The minimum atomic E-state index is -1.55. The number of nitrogens with one attached hydrogen (secondary N) is 4. The molecular formula is C49H78N6O12. The number of cyclic esters (lactones) is 2. The molecule has 1 aromatic carbocycles. The molecule has 67 heavy (non-hydrogen) atoms. The van der Waals surface area contributed by atoms with Gasteiger partial charge in [0.05, 0.1) is 37.6 Å². The van der Waals surface area contributed by atoms with E-state index in [-0.39, 0.29) is 50.0 Å². The van der Waals surface area contributed by atoms with Crippen LogP contribution < -0.4 is 26.0 Å². The first-order chi connectivity index (χ1) is 31.4. The molecule has 3 rings (SSSR count). The third kappa shape index (κ3) is 16.0. The van der Waals surface area contributed by atoms with Gasteiger partial charge in [0.2, 0.25) is 29.5 Å². The van der Waals surface area contributed by atoms with Gasteiger partial charge in [0.25, 0.3) is 0 Å². The summed E-state index contributed by atoms with van der Waals surface area (Å²) in [6, 6.07) is 0.0462. The van der Waals surface area contributed by atoms with E-state index in [0.717, 1.165) is 0 Å². The molecule has 0 aromatic heterocycles. The highest BCUT2D eigenvalue weighted by atomic mass is 16.6. The Kier molecular flexibility index (Phi) is 21.7. The van der Waals surface area contributed by atoms with Crippen molar-refractivity contribution in [2.24, 2.45) is 29.6 Å². The quantitative estimate of drug-likeness (QED) is 0.142. The molecule has 0 spiro atoms. The molecule has 5 amide bonds. The van der Waals surface area contributed by atoms with Crippen LogP contribution >= 0.6 is 0 Å². The van der Waals surface area contributed by atoms with E-state index in [1.165, 1.54) is 37.8 Å². The molecule has 5 N–H and O–H groups in total. The number of aliphatic hydroxyl groups excluding tert-OH is 1. The smallest absolute Gasteiger partial charge is 0.329 e.